The predicted octanol–water partition coefficient (Wildman–Crippen LogP) is 3.63. The summed E-state index contributed by atoms with van der Waals surface area (Å²) in [6.45, 7) is 6.38. The molecular formula is C22H32ClN5O2S. The molecule has 1 spiro atoms. The van der Waals surface area contributed by atoms with Crippen LogP contribution in [-0.4, -0.2) is 46.9 Å². The molecule has 5 N–H and O–H groups in total. The van der Waals surface area contributed by atoms with E-state index in [0.29, 0.717) is 10.8 Å². The van der Waals surface area contributed by atoms with Gasteiger partial charge in [0.1, 0.15) is 11.6 Å². The molecule has 2 aliphatic rings. The van der Waals surface area contributed by atoms with E-state index in [4.69, 9.17) is 32.8 Å². The maximum absolute atomic E-state index is 10.0. The van der Waals surface area contributed by atoms with Crippen molar-refractivity contribution in [1.29, 1.82) is 0 Å². The number of aliphatic hydroxyl groups excluding tert-OH is 1. The van der Waals surface area contributed by atoms with Crippen LogP contribution in [0.3, 0.4) is 0 Å². The number of hydrogen-bond donors (Lipinski definition) is 3. The Kier molecular flexibility index (Phi) is 7.38. The highest BCUT2D eigenvalue weighted by atomic mass is 35.5. The summed E-state index contributed by atoms with van der Waals surface area (Å²) in [5.41, 5.74) is 14.0. The van der Waals surface area contributed by atoms with Gasteiger partial charge in [0.25, 0.3) is 0 Å². The number of hydrogen-bond acceptors (Lipinski definition) is 8. The van der Waals surface area contributed by atoms with Crippen molar-refractivity contribution in [3.63, 3.8) is 0 Å². The molecule has 7 nitrogen and oxygen atoms in total. The third-order valence-electron chi connectivity index (χ3n) is 6.40. The quantitative estimate of drug-likeness (QED) is 0.627. The Labute approximate surface area is 193 Å². The molecule has 2 atom stereocenters. The molecule has 0 radical (unpaired) electrons. The summed E-state index contributed by atoms with van der Waals surface area (Å²) in [6, 6.07) is 3.89. The highest BCUT2D eigenvalue weighted by Crippen LogP contribution is 2.43. The molecule has 4 rings (SSSR count). The lowest BCUT2D eigenvalue weighted by Crippen LogP contribution is -2.51. The van der Waals surface area contributed by atoms with Gasteiger partial charge >= 0.3 is 0 Å². The van der Waals surface area contributed by atoms with Crippen molar-refractivity contribution < 1.29 is 9.84 Å². The first-order valence-corrected chi connectivity index (χ1v) is 11.4. The molecule has 2 aliphatic heterocycles. The maximum atomic E-state index is 10.0. The molecule has 0 saturated carbocycles. The Morgan fingerprint density at radius 2 is 2.06 bits per heavy atom. The number of aromatic nitrogens is 2. The van der Waals surface area contributed by atoms with Crippen LogP contribution in [0.25, 0.3) is 0 Å². The summed E-state index contributed by atoms with van der Waals surface area (Å²) in [5, 5.41) is 10.5. The fraction of sp³-hybridized carbons (Fsp3) is 0.545. The molecule has 2 saturated heterocycles. The monoisotopic (exact) mass is 465 g/mol. The van der Waals surface area contributed by atoms with Gasteiger partial charge in [0, 0.05) is 46.1 Å². The Morgan fingerprint density at radius 3 is 2.68 bits per heavy atom. The molecule has 4 heterocycles. The fourth-order valence-corrected chi connectivity index (χ4v) is 5.56. The van der Waals surface area contributed by atoms with Crippen LogP contribution in [0.1, 0.15) is 38.4 Å². The highest BCUT2D eigenvalue weighted by molar-refractivity contribution is 7.99. The van der Waals surface area contributed by atoms with Crippen molar-refractivity contribution in [2.45, 2.75) is 62.7 Å². The third-order valence-corrected chi connectivity index (χ3v) is 8.10. The van der Waals surface area contributed by atoms with Gasteiger partial charge in [-0.2, -0.15) is 0 Å². The predicted molar refractivity (Wildman–Crippen MR) is 127 cm³/mol. The number of piperidine rings is 1. The van der Waals surface area contributed by atoms with Crippen molar-refractivity contribution in [2.24, 2.45) is 11.1 Å². The summed E-state index contributed by atoms with van der Waals surface area (Å²) >= 11 is 7.78. The van der Waals surface area contributed by atoms with Gasteiger partial charge in [-0.25, -0.2) is 9.97 Å². The Balaban J connectivity index is 0.00000272. The number of nitrogen functional groups attached to an aromatic ring is 1. The van der Waals surface area contributed by atoms with Gasteiger partial charge in [-0.3, -0.25) is 0 Å². The van der Waals surface area contributed by atoms with Gasteiger partial charge in [0.2, 0.25) is 0 Å². The fourth-order valence-electron chi connectivity index (χ4n) is 4.38. The average molecular weight is 466 g/mol. The summed E-state index contributed by atoms with van der Waals surface area (Å²) in [7, 11) is 0. The van der Waals surface area contributed by atoms with E-state index in [-0.39, 0.29) is 31.6 Å². The number of aryl methyl sites for hydroxylation is 1. The van der Waals surface area contributed by atoms with Gasteiger partial charge in [-0.05, 0) is 38.8 Å². The smallest absolute Gasteiger partial charge is 0.143 e. The van der Waals surface area contributed by atoms with E-state index >= 15 is 0 Å². The highest BCUT2D eigenvalue weighted by Gasteiger charge is 2.47. The molecule has 0 unspecified atom stereocenters. The number of rotatable bonds is 4. The number of halogens is 1. The summed E-state index contributed by atoms with van der Waals surface area (Å²) in [4.78, 5) is 12.9. The molecule has 170 valence electrons. The second-order valence-corrected chi connectivity index (χ2v) is 9.68. The number of ether oxygens (including phenoxy) is 1. The molecule has 2 aromatic rings. The zero-order valence-electron chi connectivity index (χ0n) is 17.3. The van der Waals surface area contributed by atoms with Gasteiger partial charge in [-0.1, -0.05) is 30.8 Å². The van der Waals surface area contributed by atoms with Crippen LogP contribution >= 0.6 is 23.4 Å². The summed E-state index contributed by atoms with van der Waals surface area (Å²) < 4.78 is 5.83. The zero-order valence-corrected chi connectivity index (χ0v) is 18.8. The van der Waals surface area contributed by atoms with E-state index in [9.17, 15) is 5.11 Å². The number of nitrogens with zero attached hydrogens (tertiary/aromatic N) is 3. The average Bonchev–Trinajstić information content (AvgIpc) is 3.01. The van der Waals surface area contributed by atoms with Crippen LogP contribution in [0.4, 0.5) is 11.6 Å². The molecule has 0 aromatic carbocycles. The van der Waals surface area contributed by atoms with E-state index in [1.165, 1.54) is 11.8 Å². The second-order valence-electron chi connectivity index (χ2n) is 8.21. The van der Waals surface area contributed by atoms with Crippen molar-refractivity contribution in [2.75, 3.05) is 30.3 Å². The Morgan fingerprint density at radius 1 is 1.35 bits per heavy atom. The minimum Gasteiger partial charge on any atom is -0.392 e. The maximum Gasteiger partial charge on any atom is 0.143 e. The van der Waals surface area contributed by atoms with Crippen LogP contribution in [-0.2, 0) is 11.3 Å². The molecule has 9 heteroatoms. The van der Waals surface area contributed by atoms with E-state index in [1.807, 2.05) is 19.1 Å². The molecule has 0 amide bonds. The minimum absolute atomic E-state index is 0. The number of nitrogens with two attached hydrogens (primary N) is 2. The number of pyridine rings is 2. The second kappa shape index (κ2) is 9.50. The minimum atomic E-state index is -0.0797. The van der Waals surface area contributed by atoms with Crippen LogP contribution in [0.5, 0.6) is 0 Å². The van der Waals surface area contributed by atoms with Crippen molar-refractivity contribution in [3.05, 3.63) is 34.6 Å². The van der Waals surface area contributed by atoms with Crippen molar-refractivity contribution >= 4 is 35.0 Å². The molecule has 0 bridgehead atoms. The van der Waals surface area contributed by atoms with Crippen LogP contribution in [0, 0.1) is 12.3 Å². The van der Waals surface area contributed by atoms with Gasteiger partial charge in [0.05, 0.1) is 30.0 Å². The van der Waals surface area contributed by atoms with E-state index in [0.717, 1.165) is 59.4 Å². The van der Waals surface area contributed by atoms with E-state index < -0.39 is 0 Å². The molecule has 2 fully saturated rings. The first kappa shape index (κ1) is 24.1. The third kappa shape index (κ3) is 4.50. The van der Waals surface area contributed by atoms with E-state index in [2.05, 4.69) is 16.8 Å². The largest absolute Gasteiger partial charge is 0.392 e. The molecule has 2 aromatic heterocycles. The zero-order chi connectivity index (χ0) is 21.5. The summed E-state index contributed by atoms with van der Waals surface area (Å²) in [6.07, 6.45) is 3.67. The number of anilines is 2. The first-order valence-electron chi connectivity index (χ1n) is 10.2. The Hall–Kier alpha value is -1.58. The summed E-state index contributed by atoms with van der Waals surface area (Å²) in [5.74, 6) is 1.15. The number of aliphatic hydroxyl groups is 1. The van der Waals surface area contributed by atoms with Crippen LogP contribution < -0.4 is 16.4 Å². The van der Waals surface area contributed by atoms with Gasteiger partial charge in [0.15, 0.2) is 0 Å². The SMILES string of the molecule is C.Cc1nc(N2CCC3(CC2)CO[C@@H](C)[C@H]3N)c(CO)cc1Sc1ccnc(N)c1Cl. The van der Waals surface area contributed by atoms with Crippen LogP contribution in [0.15, 0.2) is 28.1 Å². The van der Waals surface area contributed by atoms with E-state index in [1.54, 1.807) is 6.20 Å². The topological polar surface area (TPSA) is 111 Å². The lowest BCUT2D eigenvalue weighted by atomic mass is 9.73. The molecule has 0 aliphatic carbocycles. The molecular weight excluding hydrogens is 434 g/mol. The van der Waals surface area contributed by atoms with Crippen LogP contribution in [0.2, 0.25) is 5.02 Å². The lowest BCUT2D eigenvalue weighted by Gasteiger charge is -2.42. The first-order chi connectivity index (χ1) is 14.3. The standard InChI is InChI=1S/C21H28ClN5O2S.CH4/c1-12-16(30-15-3-6-25-19(24)17(15)22)9-14(10-28)20(26-12)27-7-4-21(5-8-27)11-29-13(2)18(21)23;/h3,6,9,13,18,28H,4-5,7-8,10-11,23H2,1-2H3,(H2,24,25);1H4/t13-,18+;/m0./s1. The van der Waals surface area contributed by atoms with Gasteiger partial charge < -0.3 is 26.2 Å². The lowest BCUT2D eigenvalue weighted by molar-refractivity contribution is 0.0973. The van der Waals surface area contributed by atoms with Crippen molar-refractivity contribution in [1.82, 2.24) is 9.97 Å². The van der Waals surface area contributed by atoms with Gasteiger partial charge in [-0.15, -0.1) is 0 Å². The molecule has 31 heavy (non-hydrogen) atoms. The normalized spacial score (nSPS) is 22.5. The van der Waals surface area contributed by atoms with Crippen molar-refractivity contribution in [3.8, 4) is 0 Å². The Bertz CT molecular complexity index is 936.